The molecule has 0 spiro atoms. The summed E-state index contributed by atoms with van der Waals surface area (Å²) >= 11 is 0. The van der Waals surface area contributed by atoms with Crippen LogP contribution in [-0.4, -0.2) is 26.9 Å². The van der Waals surface area contributed by atoms with Crippen molar-refractivity contribution in [2.75, 3.05) is 20.8 Å². The number of ether oxygens (including phenoxy) is 2. The minimum atomic E-state index is -0.407. The molecule has 1 amide bonds. The van der Waals surface area contributed by atoms with Crippen molar-refractivity contribution in [2.45, 2.75) is 33.1 Å². The number of hydrogen-bond acceptors (Lipinski definition) is 3. The molecule has 0 saturated heterocycles. The zero-order chi connectivity index (χ0) is 14.6. The molecule has 1 aromatic rings. The van der Waals surface area contributed by atoms with Crippen LogP contribution >= 0.6 is 0 Å². The van der Waals surface area contributed by atoms with Crippen molar-refractivity contribution in [3.8, 4) is 5.75 Å². The second kappa shape index (κ2) is 5.95. The van der Waals surface area contributed by atoms with Gasteiger partial charge in [0.1, 0.15) is 5.75 Å². The maximum atomic E-state index is 11.2. The summed E-state index contributed by atoms with van der Waals surface area (Å²) in [5, 5.41) is 2.75. The van der Waals surface area contributed by atoms with Gasteiger partial charge in [-0.1, -0.05) is 19.9 Å². The van der Waals surface area contributed by atoms with Crippen molar-refractivity contribution in [3.63, 3.8) is 0 Å². The minimum absolute atomic E-state index is 0.171. The van der Waals surface area contributed by atoms with Crippen molar-refractivity contribution in [1.82, 2.24) is 5.32 Å². The van der Waals surface area contributed by atoms with Crippen LogP contribution < -0.4 is 10.1 Å². The molecule has 19 heavy (non-hydrogen) atoms. The predicted molar refractivity (Wildman–Crippen MR) is 75.9 cm³/mol. The number of nitrogens with one attached hydrogen (secondary N) is 1. The van der Waals surface area contributed by atoms with E-state index >= 15 is 0 Å². The van der Waals surface area contributed by atoms with E-state index in [1.165, 1.54) is 18.2 Å². The standard InChI is InChI=1S/C15H23NO3/c1-10-11(2)13(18-5)8-7-12(10)15(3,4)9-16-14(17)19-6/h7-8H,9H2,1-6H3,(H,16,17). The lowest BCUT2D eigenvalue weighted by molar-refractivity contribution is 0.168. The van der Waals surface area contributed by atoms with Gasteiger partial charge >= 0.3 is 6.09 Å². The highest BCUT2D eigenvalue weighted by molar-refractivity contribution is 5.67. The summed E-state index contributed by atoms with van der Waals surface area (Å²) in [7, 11) is 3.04. The maximum Gasteiger partial charge on any atom is 0.406 e. The fourth-order valence-electron chi connectivity index (χ4n) is 2.21. The first-order valence-electron chi connectivity index (χ1n) is 6.30. The van der Waals surface area contributed by atoms with E-state index in [-0.39, 0.29) is 5.41 Å². The van der Waals surface area contributed by atoms with Gasteiger partial charge in [-0.3, -0.25) is 0 Å². The first kappa shape index (κ1) is 15.3. The van der Waals surface area contributed by atoms with Crippen molar-refractivity contribution in [2.24, 2.45) is 0 Å². The third kappa shape index (κ3) is 3.40. The monoisotopic (exact) mass is 265 g/mol. The van der Waals surface area contributed by atoms with Crippen LogP contribution in [0.5, 0.6) is 5.75 Å². The minimum Gasteiger partial charge on any atom is -0.496 e. The molecule has 0 aromatic heterocycles. The highest BCUT2D eigenvalue weighted by atomic mass is 16.5. The zero-order valence-corrected chi connectivity index (χ0v) is 12.6. The molecule has 1 rings (SSSR count). The molecule has 0 unspecified atom stereocenters. The molecule has 4 nitrogen and oxygen atoms in total. The summed E-state index contributed by atoms with van der Waals surface area (Å²) in [6.07, 6.45) is -0.407. The first-order valence-corrected chi connectivity index (χ1v) is 6.30. The van der Waals surface area contributed by atoms with Crippen molar-refractivity contribution < 1.29 is 14.3 Å². The van der Waals surface area contributed by atoms with Gasteiger partial charge in [-0.15, -0.1) is 0 Å². The van der Waals surface area contributed by atoms with Gasteiger partial charge in [0.05, 0.1) is 14.2 Å². The average molecular weight is 265 g/mol. The maximum absolute atomic E-state index is 11.2. The smallest absolute Gasteiger partial charge is 0.406 e. The van der Waals surface area contributed by atoms with Crippen LogP contribution in [0.15, 0.2) is 12.1 Å². The van der Waals surface area contributed by atoms with Crippen LogP contribution in [0.1, 0.15) is 30.5 Å². The van der Waals surface area contributed by atoms with Crippen LogP contribution in [0.3, 0.4) is 0 Å². The van der Waals surface area contributed by atoms with Gasteiger partial charge in [0.15, 0.2) is 0 Å². The van der Waals surface area contributed by atoms with Gasteiger partial charge < -0.3 is 14.8 Å². The Morgan fingerprint density at radius 2 is 1.84 bits per heavy atom. The molecular formula is C15H23NO3. The molecule has 4 heteroatoms. The Bertz CT molecular complexity index is 467. The van der Waals surface area contributed by atoms with Gasteiger partial charge in [0.2, 0.25) is 0 Å². The van der Waals surface area contributed by atoms with Gasteiger partial charge in [0.25, 0.3) is 0 Å². The third-order valence-corrected chi connectivity index (χ3v) is 3.55. The van der Waals surface area contributed by atoms with Crippen molar-refractivity contribution in [1.29, 1.82) is 0 Å². The van der Waals surface area contributed by atoms with E-state index in [0.29, 0.717) is 6.54 Å². The van der Waals surface area contributed by atoms with Crippen molar-refractivity contribution >= 4 is 6.09 Å². The highest BCUT2D eigenvalue weighted by Gasteiger charge is 2.24. The lowest BCUT2D eigenvalue weighted by atomic mass is 9.80. The topological polar surface area (TPSA) is 47.6 Å². The molecule has 0 radical (unpaired) electrons. The molecule has 1 N–H and O–H groups in total. The number of carbonyl (C=O) groups excluding carboxylic acids is 1. The SMILES string of the molecule is COC(=O)NCC(C)(C)c1ccc(OC)c(C)c1C. The third-order valence-electron chi connectivity index (χ3n) is 3.55. The van der Waals surface area contributed by atoms with Crippen LogP contribution in [0.25, 0.3) is 0 Å². The van der Waals surface area contributed by atoms with E-state index in [1.807, 2.05) is 13.0 Å². The zero-order valence-electron chi connectivity index (χ0n) is 12.6. The predicted octanol–water partition coefficient (Wildman–Crippen LogP) is 2.95. The molecule has 0 saturated carbocycles. The summed E-state index contributed by atoms with van der Waals surface area (Å²) in [4.78, 5) is 11.2. The van der Waals surface area contributed by atoms with Crippen molar-refractivity contribution in [3.05, 3.63) is 28.8 Å². The summed E-state index contributed by atoms with van der Waals surface area (Å²) < 4.78 is 9.92. The molecule has 0 aliphatic carbocycles. The Kier molecular flexibility index (Phi) is 4.81. The largest absolute Gasteiger partial charge is 0.496 e. The Hall–Kier alpha value is -1.71. The summed E-state index contributed by atoms with van der Waals surface area (Å²) in [6, 6.07) is 4.03. The van der Waals surface area contributed by atoms with E-state index in [0.717, 1.165) is 11.3 Å². The Balaban J connectivity index is 3.01. The number of methoxy groups -OCH3 is 2. The molecule has 0 bridgehead atoms. The summed E-state index contributed by atoms with van der Waals surface area (Å²) in [5.41, 5.74) is 3.35. The van der Waals surface area contributed by atoms with Gasteiger partial charge in [-0.25, -0.2) is 4.79 Å². The number of amides is 1. The number of alkyl carbamates (subject to hydrolysis) is 1. The van der Waals surface area contributed by atoms with Gasteiger partial charge in [-0.2, -0.15) is 0 Å². The quantitative estimate of drug-likeness (QED) is 0.910. The van der Waals surface area contributed by atoms with Crippen LogP contribution in [0, 0.1) is 13.8 Å². The molecule has 1 aromatic carbocycles. The molecule has 106 valence electrons. The Morgan fingerprint density at radius 1 is 1.21 bits per heavy atom. The average Bonchev–Trinajstić information content (AvgIpc) is 2.38. The molecular weight excluding hydrogens is 242 g/mol. The number of benzene rings is 1. The Labute approximate surface area is 115 Å². The van der Waals surface area contributed by atoms with Crippen LogP contribution in [0.2, 0.25) is 0 Å². The fourth-order valence-corrected chi connectivity index (χ4v) is 2.21. The highest BCUT2D eigenvalue weighted by Crippen LogP contribution is 2.31. The molecule has 0 atom stereocenters. The molecule has 0 heterocycles. The van der Waals surface area contributed by atoms with E-state index in [9.17, 15) is 4.79 Å². The second-order valence-corrected chi connectivity index (χ2v) is 5.29. The summed E-state index contributed by atoms with van der Waals surface area (Å²) in [5.74, 6) is 0.887. The van der Waals surface area contributed by atoms with E-state index < -0.39 is 6.09 Å². The number of rotatable bonds is 4. The van der Waals surface area contributed by atoms with Gasteiger partial charge in [0, 0.05) is 12.0 Å². The van der Waals surface area contributed by atoms with E-state index in [1.54, 1.807) is 7.11 Å². The van der Waals surface area contributed by atoms with E-state index in [4.69, 9.17) is 4.74 Å². The lowest BCUT2D eigenvalue weighted by Crippen LogP contribution is -2.37. The van der Waals surface area contributed by atoms with Crippen LogP contribution in [0.4, 0.5) is 4.79 Å². The molecule has 0 aliphatic rings. The lowest BCUT2D eigenvalue weighted by Gasteiger charge is -2.28. The normalized spacial score (nSPS) is 11.1. The second-order valence-electron chi connectivity index (χ2n) is 5.29. The first-order chi connectivity index (χ1) is 8.83. The van der Waals surface area contributed by atoms with Crippen LogP contribution in [-0.2, 0) is 10.2 Å². The fraction of sp³-hybridized carbons (Fsp3) is 0.533. The number of hydrogen-bond donors (Lipinski definition) is 1. The van der Waals surface area contributed by atoms with Gasteiger partial charge in [-0.05, 0) is 36.6 Å². The molecule has 0 fully saturated rings. The molecule has 0 aliphatic heterocycles. The number of carbonyl (C=O) groups is 1. The Morgan fingerprint density at radius 3 is 2.37 bits per heavy atom. The summed E-state index contributed by atoms with van der Waals surface area (Å²) in [6.45, 7) is 8.83. The van der Waals surface area contributed by atoms with E-state index in [2.05, 4.69) is 36.9 Å².